The van der Waals surface area contributed by atoms with Crippen molar-refractivity contribution in [1.29, 1.82) is 0 Å². The lowest BCUT2D eigenvalue weighted by molar-refractivity contribution is -0.384. The molecule has 3 atom stereocenters. The van der Waals surface area contributed by atoms with Crippen LogP contribution in [0.1, 0.15) is 113 Å². The maximum absolute atomic E-state index is 14.7. The van der Waals surface area contributed by atoms with E-state index in [1.54, 1.807) is 6.07 Å². The molecule has 0 unspecified atom stereocenters. The van der Waals surface area contributed by atoms with Gasteiger partial charge in [-0.05, 0) is 157 Å². The standard InChI is InChI=1S/C55H68N8O9S/c1-35-7-5-6-8-41(35)48-33-71-53(2,3)19-25-61(48)39-30-55(31-39)20-23-60(24-21-55)38-9-11-42(45(28-38)62-44-16-26-70-34-49(44)72-52-47(62)27-37-15-22-56-50(37)58-52)51(64)59-73(68,69)40-10-12-43(46(29-40)63(66)67)57-32-36-13-17-54(4,65)18-14-36/h5-12,15,22,27-29,36,39,44,48-49,57,65H,13-14,16-21,23-26,30-34H2,1-4H3,(H,56,58)(H,59,64)/t36?,44-,48-,49-,54?/m0/s1. The number of H-pyrrole nitrogens is 1. The fourth-order valence-electron chi connectivity index (χ4n) is 12.5. The molecule has 0 radical (unpaired) electrons. The van der Waals surface area contributed by atoms with Crippen molar-refractivity contribution in [3.63, 3.8) is 0 Å². The predicted octanol–water partition coefficient (Wildman–Crippen LogP) is 8.93. The molecule has 1 amide bonds. The Hall–Kier alpha value is -5.79. The van der Waals surface area contributed by atoms with Crippen molar-refractivity contribution < 1.29 is 37.5 Å². The molecule has 0 bridgehead atoms. The third-order valence-electron chi connectivity index (χ3n) is 17.1. The third kappa shape index (κ3) is 9.88. The molecule has 5 fully saturated rings. The molecule has 17 nitrogen and oxygen atoms in total. The predicted molar refractivity (Wildman–Crippen MR) is 279 cm³/mol. The number of carbonyl (C=O) groups is 1. The van der Waals surface area contributed by atoms with Gasteiger partial charge in [-0.2, -0.15) is 4.98 Å². The molecule has 4 N–H and O–H groups in total. The molecular weight excluding hydrogens is 949 g/mol. The van der Waals surface area contributed by atoms with Gasteiger partial charge in [0, 0.05) is 62.2 Å². The number of nitro groups is 1. The van der Waals surface area contributed by atoms with E-state index in [0.717, 1.165) is 81.7 Å². The Balaban J connectivity index is 0.867. The molecule has 4 aliphatic heterocycles. The fourth-order valence-corrected chi connectivity index (χ4v) is 13.5. The lowest BCUT2D eigenvalue weighted by Crippen LogP contribution is -2.56. The summed E-state index contributed by atoms with van der Waals surface area (Å²) in [4.78, 5) is 41.3. The van der Waals surface area contributed by atoms with Crippen molar-refractivity contribution in [3.8, 4) is 5.88 Å². The van der Waals surface area contributed by atoms with Crippen molar-refractivity contribution in [1.82, 2.24) is 19.6 Å². The lowest BCUT2D eigenvalue weighted by Gasteiger charge is -2.56. The van der Waals surface area contributed by atoms with E-state index >= 15 is 0 Å². The van der Waals surface area contributed by atoms with E-state index in [-0.39, 0.29) is 40.3 Å². The number of rotatable bonds is 11. The molecular formula is C55H68N8O9S. The number of ether oxygens (including phenoxy) is 3. The largest absolute Gasteiger partial charge is 0.468 e. The number of nitrogens with zero attached hydrogens (tertiary/aromatic N) is 5. The van der Waals surface area contributed by atoms with Gasteiger partial charge >= 0.3 is 0 Å². The first kappa shape index (κ1) is 49.4. The molecule has 2 saturated carbocycles. The Labute approximate surface area is 427 Å². The first-order chi connectivity index (χ1) is 34.9. The number of benzene rings is 3. The summed E-state index contributed by atoms with van der Waals surface area (Å²) in [6.07, 6.45) is 10.0. The van der Waals surface area contributed by atoms with Crippen LogP contribution in [0.15, 0.2) is 83.9 Å². The number of fused-ring (bicyclic) bond motifs is 3. The van der Waals surface area contributed by atoms with Crippen LogP contribution in [0, 0.1) is 28.4 Å². The highest BCUT2D eigenvalue weighted by molar-refractivity contribution is 7.90. The second-order valence-electron chi connectivity index (χ2n) is 22.6. The van der Waals surface area contributed by atoms with E-state index < -0.39 is 43.1 Å². The number of hydrogen-bond donors (Lipinski definition) is 4. The Kier molecular flexibility index (Phi) is 13.0. The van der Waals surface area contributed by atoms with Crippen LogP contribution in [0.3, 0.4) is 0 Å². The van der Waals surface area contributed by atoms with Crippen molar-refractivity contribution in [2.24, 2.45) is 11.3 Å². The fraction of sp³-hybridized carbons (Fsp3) is 0.527. The molecule has 3 saturated heterocycles. The minimum atomic E-state index is -4.62. The van der Waals surface area contributed by atoms with E-state index in [2.05, 4.69) is 74.8 Å². The van der Waals surface area contributed by atoms with E-state index in [1.165, 1.54) is 23.3 Å². The minimum Gasteiger partial charge on any atom is -0.468 e. The zero-order valence-corrected chi connectivity index (χ0v) is 43.1. The Morgan fingerprint density at radius 1 is 0.932 bits per heavy atom. The Bertz CT molecular complexity index is 3010. The molecule has 388 valence electrons. The molecule has 5 aromatic rings. The molecule has 6 heterocycles. The van der Waals surface area contributed by atoms with E-state index in [9.17, 15) is 28.4 Å². The Morgan fingerprint density at radius 2 is 1.71 bits per heavy atom. The van der Waals surface area contributed by atoms with Crippen LogP contribution in [0.4, 0.5) is 28.4 Å². The molecule has 3 aromatic carbocycles. The van der Waals surface area contributed by atoms with E-state index in [1.807, 2.05) is 37.4 Å². The summed E-state index contributed by atoms with van der Waals surface area (Å²) in [5, 5.41) is 26.8. The highest BCUT2D eigenvalue weighted by Crippen LogP contribution is 2.54. The zero-order chi connectivity index (χ0) is 50.9. The van der Waals surface area contributed by atoms with Crippen LogP contribution in [0.5, 0.6) is 5.88 Å². The van der Waals surface area contributed by atoms with Crippen LogP contribution >= 0.6 is 0 Å². The average molecular weight is 1020 g/mol. The number of pyridine rings is 1. The summed E-state index contributed by atoms with van der Waals surface area (Å²) in [5.74, 6) is -0.316. The van der Waals surface area contributed by atoms with Gasteiger partial charge in [0.1, 0.15) is 23.1 Å². The number of amides is 1. The van der Waals surface area contributed by atoms with Crippen molar-refractivity contribution in [2.75, 3.05) is 61.1 Å². The zero-order valence-electron chi connectivity index (χ0n) is 42.3. The maximum Gasteiger partial charge on any atom is 0.293 e. The summed E-state index contributed by atoms with van der Waals surface area (Å²) >= 11 is 0. The van der Waals surface area contributed by atoms with Crippen molar-refractivity contribution >= 4 is 55.4 Å². The lowest BCUT2D eigenvalue weighted by atomic mass is 9.59. The molecule has 2 aliphatic carbocycles. The number of aromatic amines is 1. The van der Waals surface area contributed by atoms with E-state index in [0.29, 0.717) is 74.6 Å². The smallest absolute Gasteiger partial charge is 0.293 e. The quantitative estimate of drug-likeness (QED) is 0.0721. The number of nitro benzene ring substituents is 1. The first-order valence-corrected chi connectivity index (χ1v) is 27.6. The van der Waals surface area contributed by atoms with Gasteiger partial charge in [-0.15, -0.1) is 0 Å². The van der Waals surface area contributed by atoms with Crippen LogP contribution in [-0.2, 0) is 19.5 Å². The molecule has 11 rings (SSSR count). The number of nitrogens with one attached hydrogen (secondary N) is 3. The number of hydrogen-bond acceptors (Lipinski definition) is 14. The summed E-state index contributed by atoms with van der Waals surface area (Å²) in [6.45, 7) is 12.9. The van der Waals surface area contributed by atoms with Crippen molar-refractivity contribution in [3.05, 3.63) is 106 Å². The normalized spacial score (nSPS) is 26.3. The highest BCUT2D eigenvalue weighted by atomic mass is 32.2. The van der Waals surface area contributed by atoms with Gasteiger partial charge in [0.25, 0.3) is 21.6 Å². The second-order valence-corrected chi connectivity index (χ2v) is 24.2. The first-order valence-electron chi connectivity index (χ1n) is 26.1. The summed E-state index contributed by atoms with van der Waals surface area (Å²) < 4.78 is 49.7. The number of aliphatic hydroxyl groups is 1. The monoisotopic (exact) mass is 1020 g/mol. The summed E-state index contributed by atoms with van der Waals surface area (Å²) in [6, 6.07) is 22.2. The SMILES string of the molecule is Cc1ccccc1[C@@H]1COC(C)(C)CCN1C1CC2(CCN(c3ccc(C(=O)NS(=O)(=O)c4ccc(NCC5CCC(C)(O)CC5)c([N+](=O)[O-])c4)c(N4c5cc6cc[nH]c6nc5O[C@H]5COCC[C@@H]54)c3)CC2)C1. The van der Waals surface area contributed by atoms with Gasteiger partial charge in [-0.3, -0.25) is 19.8 Å². The molecule has 6 aliphatic rings. The number of aryl methyl sites for hydroxylation is 1. The van der Waals surface area contributed by atoms with Crippen LogP contribution < -0.4 is 24.6 Å². The van der Waals surface area contributed by atoms with Gasteiger partial charge in [0.15, 0.2) is 0 Å². The molecule has 73 heavy (non-hydrogen) atoms. The second kappa shape index (κ2) is 19.2. The number of anilines is 4. The Morgan fingerprint density at radius 3 is 2.48 bits per heavy atom. The number of sulfonamides is 1. The number of carbonyl (C=O) groups excluding carboxylic acids is 1. The van der Waals surface area contributed by atoms with Gasteiger partial charge in [0.2, 0.25) is 5.88 Å². The van der Waals surface area contributed by atoms with Gasteiger partial charge < -0.3 is 39.4 Å². The molecule has 18 heteroatoms. The average Bonchev–Trinajstić information content (AvgIpc) is 3.76. The van der Waals surface area contributed by atoms with Crippen LogP contribution in [-0.4, -0.2) is 115 Å². The van der Waals surface area contributed by atoms with Crippen LogP contribution in [0.25, 0.3) is 11.0 Å². The summed E-state index contributed by atoms with van der Waals surface area (Å²) in [7, 11) is -4.62. The molecule has 1 spiro atoms. The third-order valence-corrected chi connectivity index (χ3v) is 18.4. The maximum atomic E-state index is 14.7. The van der Waals surface area contributed by atoms with Gasteiger partial charge in [-0.25, -0.2) is 13.1 Å². The van der Waals surface area contributed by atoms with E-state index in [4.69, 9.17) is 19.2 Å². The van der Waals surface area contributed by atoms with Gasteiger partial charge in [-0.1, -0.05) is 24.3 Å². The van der Waals surface area contributed by atoms with Crippen molar-refractivity contribution in [2.45, 2.75) is 132 Å². The highest BCUT2D eigenvalue weighted by Gasteiger charge is 2.50. The topological polar surface area (TPSA) is 205 Å². The minimum absolute atomic E-state index is 0.113. The number of aromatic nitrogens is 2. The molecule has 2 aromatic heterocycles. The number of piperidine rings is 1. The van der Waals surface area contributed by atoms with Gasteiger partial charge in [0.05, 0.1) is 57.6 Å². The summed E-state index contributed by atoms with van der Waals surface area (Å²) in [5.41, 5.74) is 4.53. The van der Waals surface area contributed by atoms with Crippen LogP contribution in [0.2, 0.25) is 0 Å².